The zero-order valence-corrected chi connectivity index (χ0v) is 26.4. The lowest BCUT2D eigenvalue weighted by atomic mass is 9.96. The van der Waals surface area contributed by atoms with Crippen LogP contribution in [0.4, 0.5) is 28.0 Å². The van der Waals surface area contributed by atoms with E-state index in [4.69, 9.17) is 0 Å². The monoisotopic (exact) mass is 654 g/mol. The summed E-state index contributed by atoms with van der Waals surface area (Å²) in [4.78, 5) is 23.5. The second-order valence-electron chi connectivity index (χ2n) is 11.2. The second-order valence-corrected chi connectivity index (χ2v) is 12.3. The third-order valence-corrected chi connectivity index (χ3v) is 8.57. The van der Waals surface area contributed by atoms with Crippen LogP contribution in [0, 0.1) is 5.82 Å². The zero-order chi connectivity index (χ0) is 32.8. The van der Waals surface area contributed by atoms with Crippen LogP contribution in [0.1, 0.15) is 56.6 Å². The maximum atomic E-state index is 14.0. The minimum Gasteiger partial charge on any atom is -0.406 e. The van der Waals surface area contributed by atoms with E-state index in [2.05, 4.69) is 32.1 Å². The number of amidine groups is 1. The molecule has 0 bridgehead atoms. The maximum Gasteiger partial charge on any atom is 0.573 e. The van der Waals surface area contributed by atoms with E-state index in [1.54, 1.807) is 12.1 Å². The van der Waals surface area contributed by atoms with Gasteiger partial charge in [-0.25, -0.2) is 18.9 Å². The fourth-order valence-corrected chi connectivity index (χ4v) is 6.03. The Balaban J connectivity index is 1.15. The number of aliphatic imine (C=N–C) groups is 1. The number of carbonyl (C=O) groups excluding carboxylic acids is 1. The van der Waals surface area contributed by atoms with Gasteiger partial charge < -0.3 is 15.0 Å². The zero-order valence-electron chi connectivity index (χ0n) is 25.6. The predicted molar refractivity (Wildman–Crippen MR) is 172 cm³/mol. The average Bonchev–Trinajstić information content (AvgIpc) is 3.51. The number of hydrogen-bond acceptors (Lipinski definition) is 5. The summed E-state index contributed by atoms with van der Waals surface area (Å²) < 4.78 is 56.6. The van der Waals surface area contributed by atoms with E-state index in [0.29, 0.717) is 36.2 Å². The van der Waals surface area contributed by atoms with E-state index in [1.807, 2.05) is 43.0 Å². The van der Waals surface area contributed by atoms with E-state index in [-0.39, 0.29) is 23.4 Å². The smallest absolute Gasteiger partial charge is 0.406 e. The number of rotatable bonds is 9. The van der Waals surface area contributed by atoms with Crippen molar-refractivity contribution in [2.75, 3.05) is 23.7 Å². The molecule has 0 saturated carbocycles. The number of urea groups is 1. The fraction of sp³-hybridized carbons (Fsp3) is 0.333. The Bertz CT molecular complexity index is 1670. The molecule has 2 heterocycles. The minimum absolute atomic E-state index is 0.119. The first kappa shape index (κ1) is 33.0. The SMILES string of the molecule is CC(C)c1cc(F)ccc1N1CCCSC1=NC(=O)NCCC(C)c1ccc(-c2ncn(-c3ccc(OC(F)(F)F)cc3)n2)cc1. The summed E-state index contributed by atoms with van der Waals surface area (Å²) in [6.45, 7) is 7.26. The average molecular weight is 655 g/mol. The van der Waals surface area contributed by atoms with Crippen molar-refractivity contribution in [1.29, 1.82) is 0 Å². The van der Waals surface area contributed by atoms with Crippen molar-refractivity contribution in [2.45, 2.75) is 51.8 Å². The van der Waals surface area contributed by atoms with Crippen LogP contribution in [0.2, 0.25) is 0 Å². The highest BCUT2D eigenvalue weighted by atomic mass is 32.2. The lowest BCUT2D eigenvalue weighted by Crippen LogP contribution is -2.36. The molecule has 1 fully saturated rings. The van der Waals surface area contributed by atoms with Crippen LogP contribution in [-0.4, -0.2) is 51.2 Å². The summed E-state index contributed by atoms with van der Waals surface area (Å²) in [7, 11) is 0. The van der Waals surface area contributed by atoms with Crippen LogP contribution in [-0.2, 0) is 0 Å². The fourth-order valence-electron chi connectivity index (χ4n) is 5.08. The standard InChI is InChI=1S/C33H34F4N6O2S/c1-21(2)28-19-25(34)9-14-29(28)42-17-4-18-46-32(42)40-31(44)38-16-15-22(3)23-5-7-24(8-6-23)30-39-20-43(41-30)26-10-12-27(13-11-26)45-33(35,36)37/h5-14,19-22H,4,15-18H2,1-3H3,(H,38,44). The molecular weight excluding hydrogens is 620 g/mol. The van der Waals surface area contributed by atoms with Gasteiger partial charge in [-0.3, -0.25) is 0 Å². The molecule has 8 nitrogen and oxygen atoms in total. The van der Waals surface area contributed by atoms with Gasteiger partial charge >= 0.3 is 12.4 Å². The molecule has 46 heavy (non-hydrogen) atoms. The number of ether oxygens (including phenoxy) is 1. The lowest BCUT2D eigenvalue weighted by Gasteiger charge is -2.32. The molecule has 1 atom stereocenters. The van der Waals surface area contributed by atoms with Crippen LogP contribution in [0.25, 0.3) is 17.1 Å². The van der Waals surface area contributed by atoms with Crippen molar-refractivity contribution < 1.29 is 27.1 Å². The molecule has 1 aliphatic heterocycles. The first-order chi connectivity index (χ1) is 22.0. The summed E-state index contributed by atoms with van der Waals surface area (Å²) in [5.41, 5.74) is 4.16. The largest absolute Gasteiger partial charge is 0.573 e. The molecule has 242 valence electrons. The van der Waals surface area contributed by atoms with Crippen molar-refractivity contribution in [1.82, 2.24) is 20.1 Å². The molecule has 0 aliphatic carbocycles. The van der Waals surface area contributed by atoms with Gasteiger partial charge in [0.25, 0.3) is 0 Å². The number of anilines is 1. The lowest BCUT2D eigenvalue weighted by molar-refractivity contribution is -0.274. The molecule has 1 saturated heterocycles. The highest BCUT2D eigenvalue weighted by Gasteiger charge is 2.31. The molecule has 3 aromatic carbocycles. The number of hydrogen-bond donors (Lipinski definition) is 1. The molecular formula is C33H34F4N6O2S. The van der Waals surface area contributed by atoms with Gasteiger partial charge in [0, 0.05) is 30.1 Å². The van der Waals surface area contributed by atoms with E-state index in [0.717, 1.165) is 34.6 Å². The van der Waals surface area contributed by atoms with Crippen molar-refractivity contribution in [3.05, 3.63) is 90.0 Å². The van der Waals surface area contributed by atoms with Crippen LogP contribution in [0.15, 0.2) is 78.0 Å². The first-order valence-corrected chi connectivity index (χ1v) is 15.9. The van der Waals surface area contributed by atoms with E-state index in [9.17, 15) is 22.4 Å². The van der Waals surface area contributed by atoms with Gasteiger partial charge in [0.2, 0.25) is 0 Å². The molecule has 5 rings (SSSR count). The van der Waals surface area contributed by atoms with E-state index in [1.165, 1.54) is 53.1 Å². The van der Waals surface area contributed by atoms with Gasteiger partial charge in [-0.05, 0) is 78.3 Å². The Hall–Kier alpha value is -4.39. The van der Waals surface area contributed by atoms with E-state index < -0.39 is 12.4 Å². The Morgan fingerprint density at radius 2 is 1.80 bits per heavy atom. The van der Waals surface area contributed by atoms with Crippen LogP contribution in [0.3, 0.4) is 0 Å². The molecule has 13 heteroatoms. The minimum atomic E-state index is -4.75. The van der Waals surface area contributed by atoms with Gasteiger partial charge in [-0.2, -0.15) is 4.99 Å². The second kappa shape index (κ2) is 14.4. The summed E-state index contributed by atoms with van der Waals surface area (Å²) >= 11 is 1.52. The maximum absolute atomic E-state index is 14.0. The summed E-state index contributed by atoms with van der Waals surface area (Å²) in [5, 5.41) is 7.97. The molecule has 1 unspecified atom stereocenters. The van der Waals surface area contributed by atoms with Crippen molar-refractivity contribution in [3.63, 3.8) is 0 Å². The number of nitrogens with one attached hydrogen (secondary N) is 1. The van der Waals surface area contributed by atoms with Gasteiger partial charge in [0.1, 0.15) is 17.9 Å². The van der Waals surface area contributed by atoms with Crippen LogP contribution in [0.5, 0.6) is 5.75 Å². The number of alkyl halides is 3. The normalized spacial score (nSPS) is 15.3. The van der Waals surface area contributed by atoms with E-state index >= 15 is 0 Å². The number of aromatic nitrogens is 3. The molecule has 1 N–H and O–H groups in total. The molecule has 1 aliphatic rings. The first-order valence-electron chi connectivity index (χ1n) is 14.9. The van der Waals surface area contributed by atoms with Crippen LogP contribution >= 0.6 is 11.8 Å². The summed E-state index contributed by atoms with van der Waals surface area (Å²) in [5.74, 6) is 1.00. The highest BCUT2D eigenvalue weighted by Crippen LogP contribution is 2.33. The molecule has 4 aromatic rings. The Morgan fingerprint density at radius 1 is 1.07 bits per heavy atom. The van der Waals surface area contributed by atoms with Gasteiger partial charge in [-0.15, -0.1) is 18.3 Å². The number of benzene rings is 3. The topological polar surface area (TPSA) is 84.6 Å². The number of carbonyl (C=O) groups is 1. The Morgan fingerprint density at radius 3 is 2.50 bits per heavy atom. The number of halogens is 4. The Labute approximate surface area is 268 Å². The quantitative estimate of drug-likeness (QED) is 0.183. The Kier molecular flexibility index (Phi) is 10.3. The number of thioether (sulfide) groups is 1. The molecule has 0 radical (unpaired) electrons. The predicted octanol–water partition coefficient (Wildman–Crippen LogP) is 8.30. The molecule has 2 amide bonds. The van der Waals surface area contributed by atoms with Crippen LogP contribution < -0.4 is 15.0 Å². The molecule has 1 aromatic heterocycles. The third-order valence-electron chi connectivity index (χ3n) is 7.51. The van der Waals surface area contributed by atoms with Crippen molar-refractivity contribution >= 4 is 28.6 Å². The number of amides is 2. The summed E-state index contributed by atoms with van der Waals surface area (Å²) in [6, 6.07) is 17.5. The van der Waals surface area contributed by atoms with Gasteiger partial charge in [0.05, 0.1) is 5.69 Å². The van der Waals surface area contributed by atoms with Crippen molar-refractivity contribution in [3.8, 4) is 22.8 Å². The van der Waals surface area contributed by atoms with Gasteiger partial charge in [-0.1, -0.05) is 56.8 Å². The number of nitrogens with zero attached hydrogens (tertiary/aromatic N) is 5. The highest BCUT2D eigenvalue weighted by molar-refractivity contribution is 8.14. The van der Waals surface area contributed by atoms with Gasteiger partial charge in [0.15, 0.2) is 11.0 Å². The molecule has 0 spiro atoms. The third kappa shape index (κ3) is 8.45. The van der Waals surface area contributed by atoms with Crippen molar-refractivity contribution in [2.24, 2.45) is 4.99 Å². The summed E-state index contributed by atoms with van der Waals surface area (Å²) in [6.07, 6.45) is -1.63.